The monoisotopic (exact) mass is 300 g/mol. The fourth-order valence-corrected chi connectivity index (χ4v) is 1.74. The van der Waals surface area contributed by atoms with Crippen molar-refractivity contribution in [3.8, 4) is 0 Å². The SMILES string of the molecule is Cc1ccc(NC(=O)[C@@H](C)OC(=O)c2cccc[n+]2[O-])cc1. The van der Waals surface area contributed by atoms with Crippen LogP contribution >= 0.6 is 0 Å². The molecule has 0 spiro atoms. The number of esters is 1. The normalized spacial score (nSPS) is 11.5. The van der Waals surface area contributed by atoms with Gasteiger partial charge >= 0.3 is 11.7 Å². The molecule has 6 heteroatoms. The van der Waals surface area contributed by atoms with Gasteiger partial charge in [0.05, 0.1) is 0 Å². The molecule has 0 bridgehead atoms. The lowest BCUT2D eigenvalue weighted by atomic mass is 10.2. The lowest BCUT2D eigenvalue weighted by Gasteiger charge is -2.13. The van der Waals surface area contributed by atoms with E-state index >= 15 is 0 Å². The molecule has 0 radical (unpaired) electrons. The minimum Gasteiger partial charge on any atom is -0.618 e. The Labute approximate surface area is 127 Å². The first kappa shape index (κ1) is 15.5. The van der Waals surface area contributed by atoms with Gasteiger partial charge in [0.25, 0.3) is 5.91 Å². The largest absolute Gasteiger partial charge is 0.618 e. The van der Waals surface area contributed by atoms with Crippen molar-refractivity contribution < 1.29 is 19.1 Å². The molecule has 0 saturated heterocycles. The summed E-state index contributed by atoms with van der Waals surface area (Å²) in [6, 6.07) is 11.6. The zero-order valence-corrected chi connectivity index (χ0v) is 12.3. The molecule has 0 aliphatic heterocycles. The molecule has 0 aliphatic carbocycles. The van der Waals surface area contributed by atoms with Gasteiger partial charge in [-0.25, -0.2) is 4.79 Å². The number of carbonyl (C=O) groups excluding carboxylic acids is 2. The van der Waals surface area contributed by atoms with E-state index in [1.54, 1.807) is 18.2 Å². The standard InChI is InChI=1S/C16H16N2O4/c1-11-6-8-13(9-7-11)17-15(19)12(2)22-16(20)14-5-3-4-10-18(14)21/h3-10,12H,1-2H3,(H,17,19)/t12-/m1/s1. The molecule has 2 aromatic rings. The molecule has 22 heavy (non-hydrogen) atoms. The van der Waals surface area contributed by atoms with E-state index in [9.17, 15) is 14.8 Å². The topological polar surface area (TPSA) is 82.3 Å². The quantitative estimate of drug-likeness (QED) is 0.530. The van der Waals surface area contributed by atoms with Crippen LogP contribution in [0.2, 0.25) is 0 Å². The number of hydrogen-bond acceptors (Lipinski definition) is 4. The summed E-state index contributed by atoms with van der Waals surface area (Å²) < 4.78 is 5.40. The van der Waals surface area contributed by atoms with E-state index < -0.39 is 18.0 Å². The summed E-state index contributed by atoms with van der Waals surface area (Å²) in [5.41, 5.74) is 1.51. The van der Waals surface area contributed by atoms with Crippen LogP contribution in [0.4, 0.5) is 5.69 Å². The lowest BCUT2D eigenvalue weighted by molar-refractivity contribution is -0.608. The van der Waals surface area contributed by atoms with Crippen molar-refractivity contribution in [1.82, 2.24) is 0 Å². The minimum atomic E-state index is -1.02. The fraction of sp³-hybridized carbons (Fsp3) is 0.188. The Bertz CT molecular complexity index is 683. The Morgan fingerprint density at radius 1 is 1.18 bits per heavy atom. The van der Waals surface area contributed by atoms with Crippen molar-refractivity contribution in [2.45, 2.75) is 20.0 Å². The first-order chi connectivity index (χ1) is 10.5. The van der Waals surface area contributed by atoms with Crippen molar-refractivity contribution in [1.29, 1.82) is 0 Å². The van der Waals surface area contributed by atoms with Gasteiger partial charge in [0.15, 0.2) is 12.3 Å². The van der Waals surface area contributed by atoms with Crippen LogP contribution in [0, 0.1) is 12.1 Å². The smallest absolute Gasteiger partial charge is 0.405 e. The van der Waals surface area contributed by atoms with Gasteiger partial charge in [0.2, 0.25) is 0 Å². The van der Waals surface area contributed by atoms with E-state index in [0.717, 1.165) is 5.56 Å². The van der Waals surface area contributed by atoms with Gasteiger partial charge in [-0.2, -0.15) is 4.73 Å². The molecule has 6 nitrogen and oxygen atoms in total. The number of rotatable bonds is 4. The maximum Gasteiger partial charge on any atom is 0.405 e. The van der Waals surface area contributed by atoms with Crippen molar-refractivity contribution in [3.63, 3.8) is 0 Å². The summed E-state index contributed by atoms with van der Waals surface area (Å²) in [6.45, 7) is 3.38. The predicted octanol–water partition coefficient (Wildman–Crippen LogP) is 1.81. The molecule has 114 valence electrons. The molecule has 1 aromatic heterocycles. The van der Waals surface area contributed by atoms with E-state index in [1.807, 2.05) is 19.1 Å². The van der Waals surface area contributed by atoms with Crippen LogP contribution < -0.4 is 10.0 Å². The molecule has 1 atom stereocenters. The summed E-state index contributed by atoms with van der Waals surface area (Å²) in [5, 5.41) is 14.1. The van der Waals surface area contributed by atoms with E-state index in [2.05, 4.69) is 5.32 Å². The highest BCUT2D eigenvalue weighted by Gasteiger charge is 2.23. The number of hydrogen-bond donors (Lipinski definition) is 1. The first-order valence-electron chi connectivity index (χ1n) is 6.74. The summed E-state index contributed by atoms with van der Waals surface area (Å²) >= 11 is 0. The van der Waals surface area contributed by atoms with E-state index in [-0.39, 0.29) is 5.69 Å². The molecule has 1 N–H and O–H groups in total. The second-order valence-corrected chi connectivity index (χ2v) is 4.81. The van der Waals surface area contributed by atoms with E-state index in [1.165, 1.54) is 25.3 Å². The number of benzene rings is 1. The van der Waals surface area contributed by atoms with Gasteiger partial charge in [-0.1, -0.05) is 17.7 Å². The highest BCUT2D eigenvalue weighted by Crippen LogP contribution is 2.10. The average Bonchev–Trinajstić information content (AvgIpc) is 2.49. The van der Waals surface area contributed by atoms with Crippen molar-refractivity contribution >= 4 is 17.6 Å². The van der Waals surface area contributed by atoms with E-state index in [4.69, 9.17) is 4.74 Å². The Balaban J connectivity index is 1.98. The lowest BCUT2D eigenvalue weighted by Crippen LogP contribution is -2.37. The number of nitrogens with one attached hydrogen (secondary N) is 1. The molecular weight excluding hydrogens is 284 g/mol. The van der Waals surface area contributed by atoms with Gasteiger partial charge in [-0.3, -0.25) is 4.79 Å². The molecule has 0 saturated carbocycles. The zero-order valence-electron chi connectivity index (χ0n) is 12.3. The van der Waals surface area contributed by atoms with Crippen LogP contribution in [0.15, 0.2) is 48.7 Å². The summed E-state index contributed by atoms with van der Waals surface area (Å²) in [7, 11) is 0. The summed E-state index contributed by atoms with van der Waals surface area (Å²) in [4.78, 5) is 23.8. The first-order valence-corrected chi connectivity index (χ1v) is 6.74. The van der Waals surface area contributed by atoms with Gasteiger partial charge < -0.3 is 15.3 Å². The van der Waals surface area contributed by atoms with Gasteiger partial charge in [0, 0.05) is 17.8 Å². The van der Waals surface area contributed by atoms with Gasteiger partial charge in [0.1, 0.15) is 0 Å². The van der Waals surface area contributed by atoms with Crippen molar-refractivity contribution in [3.05, 3.63) is 65.1 Å². The molecular formula is C16H16N2O4. The van der Waals surface area contributed by atoms with Crippen LogP contribution in [-0.4, -0.2) is 18.0 Å². The predicted molar refractivity (Wildman–Crippen MR) is 80.1 cm³/mol. The molecule has 1 amide bonds. The molecule has 0 unspecified atom stereocenters. The number of ether oxygens (including phenoxy) is 1. The third-order valence-electron chi connectivity index (χ3n) is 3.01. The molecule has 0 fully saturated rings. The average molecular weight is 300 g/mol. The maximum atomic E-state index is 12.0. The van der Waals surface area contributed by atoms with Crippen molar-refractivity contribution in [2.75, 3.05) is 5.32 Å². The van der Waals surface area contributed by atoms with Crippen LogP contribution in [-0.2, 0) is 9.53 Å². The van der Waals surface area contributed by atoms with Gasteiger partial charge in [-0.05, 0) is 32.0 Å². The number of aromatic nitrogens is 1. The van der Waals surface area contributed by atoms with Gasteiger partial charge in [-0.15, -0.1) is 0 Å². The maximum absolute atomic E-state index is 12.0. The summed E-state index contributed by atoms with van der Waals surface area (Å²) in [6.07, 6.45) is 0.169. The zero-order chi connectivity index (χ0) is 16.1. The highest BCUT2D eigenvalue weighted by atomic mass is 16.6. The number of nitrogens with zero attached hydrogens (tertiary/aromatic N) is 1. The highest BCUT2D eigenvalue weighted by molar-refractivity contribution is 5.96. The van der Waals surface area contributed by atoms with Crippen LogP contribution in [0.5, 0.6) is 0 Å². The number of amides is 1. The third-order valence-corrected chi connectivity index (χ3v) is 3.01. The second kappa shape index (κ2) is 6.71. The van der Waals surface area contributed by atoms with E-state index in [0.29, 0.717) is 10.4 Å². The number of carbonyl (C=O) groups is 2. The Kier molecular flexibility index (Phi) is 4.73. The number of aryl methyl sites for hydroxylation is 1. The Morgan fingerprint density at radius 2 is 1.86 bits per heavy atom. The minimum absolute atomic E-state index is 0.169. The Morgan fingerprint density at radius 3 is 2.50 bits per heavy atom. The molecule has 2 rings (SSSR count). The fourth-order valence-electron chi connectivity index (χ4n) is 1.74. The number of anilines is 1. The molecule has 0 aliphatic rings. The summed E-state index contributed by atoms with van der Waals surface area (Å²) in [5.74, 6) is -1.31. The van der Waals surface area contributed by atoms with Crippen molar-refractivity contribution in [2.24, 2.45) is 0 Å². The van der Waals surface area contributed by atoms with Crippen LogP contribution in [0.1, 0.15) is 23.0 Å². The second-order valence-electron chi connectivity index (χ2n) is 4.81. The Hall–Kier alpha value is -2.89. The van der Waals surface area contributed by atoms with Crippen LogP contribution in [0.25, 0.3) is 0 Å². The molecule has 1 aromatic carbocycles. The molecule has 1 heterocycles. The van der Waals surface area contributed by atoms with Crippen LogP contribution in [0.3, 0.4) is 0 Å². The number of pyridine rings is 1. The third kappa shape index (κ3) is 3.82.